The number of fused-ring (bicyclic) bond motifs is 1. The molecule has 0 atom stereocenters. The number of nitrogens with zero attached hydrogens (tertiary/aromatic N) is 3. The molecule has 4 nitrogen and oxygen atoms in total. The number of halogens is 4. The first-order chi connectivity index (χ1) is 13.6. The van der Waals surface area contributed by atoms with Crippen molar-refractivity contribution in [1.82, 2.24) is 9.88 Å². The summed E-state index contributed by atoms with van der Waals surface area (Å²) in [7, 11) is 3.81. The van der Waals surface area contributed by atoms with Gasteiger partial charge in [-0.1, -0.05) is 11.3 Å². The van der Waals surface area contributed by atoms with Crippen molar-refractivity contribution >= 4 is 32.6 Å². The van der Waals surface area contributed by atoms with E-state index in [9.17, 15) is 22.4 Å². The zero-order chi connectivity index (χ0) is 21.2. The molecule has 1 aromatic heterocycles. The third kappa shape index (κ3) is 5.10. The molecule has 2 aromatic carbocycles. The highest BCUT2D eigenvalue weighted by atomic mass is 32.1. The van der Waals surface area contributed by atoms with Gasteiger partial charge in [-0.15, -0.1) is 0 Å². The number of thiazole rings is 1. The number of benzene rings is 2. The summed E-state index contributed by atoms with van der Waals surface area (Å²) in [5.41, 5.74) is -0.124. The highest BCUT2D eigenvalue weighted by molar-refractivity contribution is 7.22. The summed E-state index contributed by atoms with van der Waals surface area (Å²) in [6, 6.07) is 8.27. The highest BCUT2D eigenvalue weighted by Crippen LogP contribution is 2.32. The van der Waals surface area contributed by atoms with Crippen molar-refractivity contribution < 1.29 is 22.4 Å². The van der Waals surface area contributed by atoms with Gasteiger partial charge in [-0.25, -0.2) is 9.37 Å². The molecule has 3 rings (SSSR count). The molecule has 1 heterocycles. The van der Waals surface area contributed by atoms with Gasteiger partial charge in [0.15, 0.2) is 5.13 Å². The monoisotopic (exact) mass is 425 g/mol. The van der Waals surface area contributed by atoms with Gasteiger partial charge in [-0.05, 0) is 69.5 Å². The number of hydrogen-bond donors (Lipinski definition) is 0. The van der Waals surface area contributed by atoms with Gasteiger partial charge in [-0.3, -0.25) is 9.69 Å². The Bertz CT molecular complexity index is 999. The third-order valence-electron chi connectivity index (χ3n) is 4.26. The van der Waals surface area contributed by atoms with E-state index in [1.807, 2.05) is 19.0 Å². The Morgan fingerprint density at radius 1 is 1.07 bits per heavy atom. The molecule has 3 aromatic rings. The van der Waals surface area contributed by atoms with Gasteiger partial charge in [0, 0.05) is 12.1 Å². The predicted octanol–water partition coefficient (Wildman–Crippen LogP) is 5.05. The number of rotatable bonds is 6. The number of hydrogen-bond acceptors (Lipinski definition) is 4. The zero-order valence-corrected chi connectivity index (χ0v) is 16.6. The molecule has 29 heavy (non-hydrogen) atoms. The van der Waals surface area contributed by atoms with Crippen LogP contribution in [0, 0.1) is 5.82 Å². The van der Waals surface area contributed by atoms with Crippen molar-refractivity contribution in [3.63, 3.8) is 0 Å². The van der Waals surface area contributed by atoms with E-state index in [-0.39, 0.29) is 5.56 Å². The second-order valence-corrected chi connectivity index (χ2v) is 7.81. The Balaban J connectivity index is 1.92. The second kappa shape index (κ2) is 8.46. The van der Waals surface area contributed by atoms with Crippen molar-refractivity contribution in [2.75, 3.05) is 32.1 Å². The summed E-state index contributed by atoms with van der Waals surface area (Å²) in [4.78, 5) is 20.9. The Hall–Kier alpha value is -2.52. The van der Waals surface area contributed by atoms with Crippen LogP contribution in [0.2, 0.25) is 0 Å². The fourth-order valence-corrected chi connectivity index (χ4v) is 3.80. The minimum atomic E-state index is -4.47. The molecule has 0 aliphatic heterocycles. The van der Waals surface area contributed by atoms with Crippen LogP contribution in [-0.4, -0.2) is 43.0 Å². The molecule has 0 radical (unpaired) electrons. The average Bonchev–Trinajstić information content (AvgIpc) is 3.06. The van der Waals surface area contributed by atoms with Crippen LogP contribution in [0.15, 0.2) is 42.5 Å². The van der Waals surface area contributed by atoms with Crippen molar-refractivity contribution in [3.8, 4) is 0 Å². The molecule has 0 saturated heterocycles. The molecule has 0 unspecified atom stereocenters. The quantitative estimate of drug-likeness (QED) is 0.519. The third-order valence-corrected chi connectivity index (χ3v) is 5.30. The van der Waals surface area contributed by atoms with Crippen LogP contribution in [0.25, 0.3) is 10.2 Å². The Labute approximate surface area is 169 Å². The van der Waals surface area contributed by atoms with Crippen molar-refractivity contribution in [3.05, 3.63) is 59.4 Å². The van der Waals surface area contributed by atoms with E-state index < -0.39 is 23.5 Å². The summed E-state index contributed by atoms with van der Waals surface area (Å²) in [6.07, 6.45) is -3.83. The number of aromatic nitrogens is 1. The highest BCUT2D eigenvalue weighted by Gasteiger charge is 2.30. The van der Waals surface area contributed by atoms with Gasteiger partial charge in [0.05, 0.1) is 15.8 Å². The molecule has 0 saturated carbocycles. The molecule has 0 spiro atoms. The Morgan fingerprint density at radius 2 is 1.76 bits per heavy atom. The van der Waals surface area contributed by atoms with Crippen LogP contribution in [0.5, 0.6) is 0 Å². The van der Waals surface area contributed by atoms with E-state index in [0.29, 0.717) is 28.3 Å². The molecule has 0 N–H and O–H groups in total. The lowest BCUT2D eigenvalue weighted by Crippen LogP contribution is -2.33. The fraction of sp³-hybridized carbons (Fsp3) is 0.300. The van der Waals surface area contributed by atoms with E-state index >= 15 is 0 Å². The van der Waals surface area contributed by atoms with Gasteiger partial charge < -0.3 is 4.90 Å². The van der Waals surface area contributed by atoms with Crippen molar-refractivity contribution in [2.45, 2.75) is 12.6 Å². The van der Waals surface area contributed by atoms with Crippen LogP contribution >= 0.6 is 11.3 Å². The Morgan fingerprint density at radius 3 is 2.38 bits per heavy atom. The molecule has 0 aliphatic rings. The van der Waals surface area contributed by atoms with Gasteiger partial charge in [0.1, 0.15) is 5.82 Å². The van der Waals surface area contributed by atoms with Gasteiger partial charge >= 0.3 is 6.18 Å². The number of alkyl halides is 3. The molecule has 9 heteroatoms. The second-order valence-electron chi connectivity index (χ2n) is 6.80. The summed E-state index contributed by atoms with van der Waals surface area (Å²) in [5, 5.41) is 0.384. The van der Waals surface area contributed by atoms with E-state index in [4.69, 9.17) is 0 Å². The van der Waals surface area contributed by atoms with E-state index in [1.165, 1.54) is 34.4 Å². The Kier molecular flexibility index (Phi) is 6.18. The smallest absolute Gasteiger partial charge is 0.309 e. The average molecular weight is 425 g/mol. The summed E-state index contributed by atoms with van der Waals surface area (Å²) >= 11 is 1.17. The fourth-order valence-electron chi connectivity index (χ4n) is 2.79. The van der Waals surface area contributed by atoms with E-state index in [2.05, 4.69) is 4.98 Å². The van der Waals surface area contributed by atoms with Crippen molar-refractivity contribution in [1.29, 1.82) is 0 Å². The molecular weight excluding hydrogens is 406 g/mol. The first-order valence-corrected chi connectivity index (χ1v) is 9.67. The lowest BCUT2D eigenvalue weighted by atomic mass is 10.1. The first-order valence-electron chi connectivity index (χ1n) is 8.85. The number of amides is 1. The van der Waals surface area contributed by atoms with Crippen molar-refractivity contribution in [2.24, 2.45) is 0 Å². The predicted molar refractivity (Wildman–Crippen MR) is 106 cm³/mol. The van der Waals surface area contributed by atoms with Crippen LogP contribution in [0.1, 0.15) is 22.3 Å². The SMILES string of the molecule is CN(C)CCCN(C(=O)c1ccc(C(F)(F)F)cc1)c1nc2ccc(F)cc2s1. The van der Waals surface area contributed by atoms with Gasteiger partial charge in [0.2, 0.25) is 0 Å². The minimum Gasteiger partial charge on any atom is -0.309 e. The maximum absolute atomic E-state index is 13.5. The van der Waals surface area contributed by atoms with E-state index in [1.54, 1.807) is 0 Å². The number of carbonyl (C=O) groups excluding carboxylic acids is 1. The molecule has 0 aliphatic carbocycles. The van der Waals surface area contributed by atoms with E-state index in [0.717, 1.165) is 30.8 Å². The molecule has 154 valence electrons. The molecular formula is C20H19F4N3OS. The van der Waals surface area contributed by atoms with Crippen LogP contribution in [-0.2, 0) is 6.18 Å². The molecule has 1 amide bonds. The summed E-state index contributed by atoms with van der Waals surface area (Å²) in [6.45, 7) is 1.05. The maximum Gasteiger partial charge on any atom is 0.416 e. The van der Waals surface area contributed by atoms with Crippen LogP contribution in [0.4, 0.5) is 22.7 Å². The minimum absolute atomic E-state index is 0.133. The topological polar surface area (TPSA) is 36.4 Å². The molecule has 0 bridgehead atoms. The number of carbonyl (C=O) groups is 1. The maximum atomic E-state index is 13.5. The normalized spacial score (nSPS) is 12.0. The van der Waals surface area contributed by atoms with Gasteiger partial charge in [-0.2, -0.15) is 13.2 Å². The lowest BCUT2D eigenvalue weighted by molar-refractivity contribution is -0.137. The van der Waals surface area contributed by atoms with Crippen LogP contribution < -0.4 is 4.90 Å². The largest absolute Gasteiger partial charge is 0.416 e. The number of anilines is 1. The lowest BCUT2D eigenvalue weighted by Gasteiger charge is -2.21. The standard InChI is InChI=1S/C20H19F4N3OS/c1-26(2)10-3-11-27(19-25-16-9-8-15(21)12-17(16)29-19)18(28)13-4-6-14(7-5-13)20(22,23)24/h4-9,12H,3,10-11H2,1-2H3. The molecule has 0 fully saturated rings. The summed E-state index contributed by atoms with van der Waals surface area (Å²) in [5.74, 6) is -0.849. The zero-order valence-electron chi connectivity index (χ0n) is 15.8. The van der Waals surface area contributed by atoms with Crippen LogP contribution in [0.3, 0.4) is 0 Å². The van der Waals surface area contributed by atoms with Gasteiger partial charge in [0.25, 0.3) is 5.91 Å². The summed E-state index contributed by atoms with van der Waals surface area (Å²) < 4.78 is 52.5. The first kappa shape index (κ1) is 21.2.